The van der Waals surface area contributed by atoms with Gasteiger partial charge in [0.05, 0.1) is 6.61 Å². The lowest BCUT2D eigenvalue weighted by atomic mass is 10.2. The Bertz CT molecular complexity index is 502. The van der Waals surface area contributed by atoms with Gasteiger partial charge in [0.1, 0.15) is 11.6 Å². The summed E-state index contributed by atoms with van der Waals surface area (Å²) in [6.07, 6.45) is 0. The molecule has 0 heterocycles. The van der Waals surface area contributed by atoms with Crippen LogP contribution in [0.15, 0.2) is 18.2 Å². The van der Waals surface area contributed by atoms with Crippen LogP contribution in [0, 0.1) is 11.6 Å². The van der Waals surface area contributed by atoms with Crippen LogP contribution in [-0.2, 0) is 11.1 Å². The second kappa shape index (κ2) is 9.91. The number of hydrogen-bond acceptors (Lipinski definition) is 3. The molecule has 0 aliphatic rings. The third-order valence-corrected chi connectivity index (χ3v) is 6.86. The van der Waals surface area contributed by atoms with Crippen LogP contribution in [0.4, 0.5) is 8.78 Å². The van der Waals surface area contributed by atoms with Crippen LogP contribution < -0.4 is 0 Å². The molecule has 0 bridgehead atoms. The number of rotatable bonds is 9. The standard InChI is InChI=1S/C19H33F2N2OP/c1-13(2)22(14(3)4)25(23(15(5)6)16(7)8)24-12-17-9-10-18(20)11-19(17)21/h9-11,13-16H,12H2,1-8H3. The average molecular weight is 374 g/mol. The summed E-state index contributed by atoms with van der Waals surface area (Å²) >= 11 is 0. The van der Waals surface area contributed by atoms with Gasteiger partial charge < -0.3 is 4.52 Å². The molecule has 0 aromatic heterocycles. The summed E-state index contributed by atoms with van der Waals surface area (Å²) in [6.45, 7) is 17.3. The van der Waals surface area contributed by atoms with E-state index in [1.54, 1.807) is 0 Å². The van der Waals surface area contributed by atoms with Crippen LogP contribution in [0.2, 0.25) is 0 Å². The topological polar surface area (TPSA) is 15.7 Å². The molecule has 0 aliphatic carbocycles. The zero-order valence-electron chi connectivity index (χ0n) is 16.8. The Morgan fingerprint density at radius 3 is 1.64 bits per heavy atom. The number of nitrogens with zero attached hydrogens (tertiary/aromatic N) is 2. The van der Waals surface area contributed by atoms with Crippen LogP contribution in [0.5, 0.6) is 0 Å². The molecule has 0 atom stereocenters. The lowest BCUT2D eigenvalue weighted by molar-refractivity contribution is 0.180. The molecule has 25 heavy (non-hydrogen) atoms. The molecule has 3 nitrogen and oxygen atoms in total. The zero-order valence-corrected chi connectivity index (χ0v) is 17.6. The largest absolute Gasteiger partial charge is 0.326 e. The van der Waals surface area contributed by atoms with Crippen molar-refractivity contribution >= 4 is 8.45 Å². The van der Waals surface area contributed by atoms with Crippen molar-refractivity contribution in [2.75, 3.05) is 0 Å². The minimum atomic E-state index is -1.08. The Labute approximate surface area is 153 Å². The first-order valence-electron chi connectivity index (χ1n) is 8.99. The molecule has 0 amide bonds. The maximum atomic E-state index is 14.0. The Morgan fingerprint density at radius 2 is 1.28 bits per heavy atom. The summed E-state index contributed by atoms with van der Waals surface area (Å²) < 4.78 is 38.1. The fourth-order valence-electron chi connectivity index (χ4n) is 3.00. The Kier molecular flexibility index (Phi) is 8.90. The second-order valence-electron chi connectivity index (χ2n) is 7.40. The van der Waals surface area contributed by atoms with Crippen LogP contribution in [0.3, 0.4) is 0 Å². The van der Waals surface area contributed by atoms with Crippen molar-refractivity contribution in [2.45, 2.75) is 86.2 Å². The van der Waals surface area contributed by atoms with E-state index in [0.29, 0.717) is 29.7 Å². The van der Waals surface area contributed by atoms with Gasteiger partial charge in [-0.1, -0.05) is 6.07 Å². The number of hydrogen-bond donors (Lipinski definition) is 0. The van der Waals surface area contributed by atoms with Crippen LogP contribution in [0.25, 0.3) is 0 Å². The molecule has 144 valence electrons. The monoisotopic (exact) mass is 374 g/mol. The Hall–Kier alpha value is -0.610. The van der Waals surface area contributed by atoms with Crippen molar-refractivity contribution in [3.05, 3.63) is 35.4 Å². The number of benzene rings is 1. The predicted molar refractivity (Wildman–Crippen MR) is 102 cm³/mol. The highest BCUT2D eigenvalue weighted by molar-refractivity contribution is 7.47. The van der Waals surface area contributed by atoms with E-state index >= 15 is 0 Å². The van der Waals surface area contributed by atoms with Crippen molar-refractivity contribution in [3.8, 4) is 0 Å². The van der Waals surface area contributed by atoms with Gasteiger partial charge >= 0.3 is 0 Å². The molecule has 0 spiro atoms. The molecule has 0 saturated carbocycles. The molecule has 0 unspecified atom stereocenters. The van der Waals surface area contributed by atoms with E-state index < -0.39 is 20.1 Å². The highest BCUT2D eigenvalue weighted by Crippen LogP contribution is 2.51. The van der Waals surface area contributed by atoms with Gasteiger partial charge in [0.15, 0.2) is 8.45 Å². The highest BCUT2D eigenvalue weighted by Gasteiger charge is 2.34. The lowest BCUT2D eigenvalue weighted by Gasteiger charge is -2.45. The zero-order chi connectivity index (χ0) is 19.3. The fraction of sp³-hybridized carbons (Fsp3) is 0.684. The summed E-state index contributed by atoms with van der Waals surface area (Å²) in [5, 5.41) is 0. The van der Waals surface area contributed by atoms with Crippen molar-refractivity contribution in [1.82, 2.24) is 9.34 Å². The van der Waals surface area contributed by atoms with Gasteiger partial charge in [-0.25, -0.2) is 18.1 Å². The smallest absolute Gasteiger partial charge is 0.189 e. The van der Waals surface area contributed by atoms with Crippen molar-refractivity contribution in [1.29, 1.82) is 0 Å². The molecule has 6 heteroatoms. The van der Waals surface area contributed by atoms with Crippen LogP contribution in [0.1, 0.15) is 61.0 Å². The van der Waals surface area contributed by atoms with Gasteiger partial charge in [0, 0.05) is 35.8 Å². The van der Waals surface area contributed by atoms with E-state index in [0.717, 1.165) is 6.07 Å². The van der Waals surface area contributed by atoms with Crippen molar-refractivity contribution in [2.24, 2.45) is 0 Å². The van der Waals surface area contributed by atoms with E-state index in [2.05, 4.69) is 64.7 Å². The second-order valence-corrected chi connectivity index (χ2v) is 9.08. The van der Waals surface area contributed by atoms with Gasteiger partial charge in [0.25, 0.3) is 0 Å². The first-order chi connectivity index (χ1) is 11.6. The summed E-state index contributed by atoms with van der Waals surface area (Å²) in [4.78, 5) is 0. The Balaban J connectivity index is 3.12. The first-order valence-corrected chi connectivity index (χ1v) is 10.2. The Morgan fingerprint density at radius 1 is 0.840 bits per heavy atom. The van der Waals surface area contributed by atoms with E-state index in [9.17, 15) is 8.78 Å². The molecule has 1 aromatic carbocycles. The van der Waals surface area contributed by atoms with Crippen LogP contribution in [-0.4, -0.2) is 33.5 Å². The predicted octanol–water partition coefficient (Wildman–Crippen LogP) is 5.95. The number of halogens is 2. The van der Waals surface area contributed by atoms with Gasteiger partial charge in [0.2, 0.25) is 0 Å². The molecule has 1 aromatic rings. The molecule has 0 aliphatic heterocycles. The van der Waals surface area contributed by atoms with E-state index in [1.165, 1.54) is 12.1 Å². The highest BCUT2D eigenvalue weighted by atomic mass is 31.2. The van der Waals surface area contributed by atoms with E-state index in [1.807, 2.05) is 0 Å². The molecular weight excluding hydrogens is 341 g/mol. The third-order valence-electron chi connectivity index (χ3n) is 3.86. The summed E-state index contributed by atoms with van der Waals surface area (Å²) in [7, 11) is -1.08. The maximum Gasteiger partial charge on any atom is 0.189 e. The van der Waals surface area contributed by atoms with E-state index in [4.69, 9.17) is 4.52 Å². The van der Waals surface area contributed by atoms with E-state index in [-0.39, 0.29) is 6.61 Å². The molecule has 0 fully saturated rings. The SMILES string of the molecule is CC(C)N(C(C)C)P(OCc1ccc(F)cc1F)N(C(C)C)C(C)C. The minimum Gasteiger partial charge on any atom is -0.326 e. The van der Waals surface area contributed by atoms with Gasteiger partial charge in [-0.15, -0.1) is 0 Å². The maximum absolute atomic E-state index is 14.0. The lowest BCUT2D eigenvalue weighted by Crippen LogP contribution is -2.43. The van der Waals surface area contributed by atoms with Crippen LogP contribution >= 0.6 is 8.45 Å². The average Bonchev–Trinajstić information content (AvgIpc) is 2.44. The summed E-state index contributed by atoms with van der Waals surface area (Å²) in [5.74, 6) is -1.13. The minimum absolute atomic E-state index is 0.129. The van der Waals surface area contributed by atoms with Crippen molar-refractivity contribution < 1.29 is 13.3 Å². The molecule has 0 N–H and O–H groups in total. The fourth-order valence-corrected chi connectivity index (χ4v) is 5.34. The summed E-state index contributed by atoms with van der Waals surface area (Å²) in [6, 6.07) is 4.82. The van der Waals surface area contributed by atoms with Crippen molar-refractivity contribution in [3.63, 3.8) is 0 Å². The normalized spacial score (nSPS) is 12.8. The molecule has 0 radical (unpaired) electrons. The molecule has 0 saturated heterocycles. The summed E-state index contributed by atoms with van der Waals surface area (Å²) in [5.41, 5.74) is 0.383. The molecule has 1 rings (SSSR count). The van der Waals surface area contributed by atoms with Gasteiger partial charge in [-0.2, -0.15) is 0 Å². The molecular formula is C19H33F2N2OP. The van der Waals surface area contributed by atoms with Gasteiger partial charge in [-0.05, 0) is 61.5 Å². The quantitative estimate of drug-likeness (QED) is 0.497. The van der Waals surface area contributed by atoms with Gasteiger partial charge in [-0.3, -0.25) is 0 Å². The first kappa shape index (κ1) is 22.4. The third kappa shape index (κ3) is 6.25.